The van der Waals surface area contributed by atoms with Gasteiger partial charge < -0.3 is 15.4 Å². The van der Waals surface area contributed by atoms with Crippen molar-refractivity contribution in [3.8, 4) is 5.75 Å². The van der Waals surface area contributed by atoms with E-state index in [4.69, 9.17) is 4.74 Å². The zero-order valence-electron chi connectivity index (χ0n) is 12.7. The molecule has 22 heavy (non-hydrogen) atoms. The summed E-state index contributed by atoms with van der Waals surface area (Å²) < 4.78 is 5.71. The Morgan fingerprint density at radius 3 is 3.00 bits per heavy atom. The van der Waals surface area contributed by atoms with E-state index in [1.807, 2.05) is 19.2 Å². The Morgan fingerprint density at radius 2 is 2.18 bits per heavy atom. The first-order chi connectivity index (χ1) is 10.9. The van der Waals surface area contributed by atoms with Gasteiger partial charge in [-0.15, -0.1) is 11.3 Å². The monoisotopic (exact) mass is 315 g/mol. The lowest BCUT2D eigenvalue weighted by Gasteiger charge is -2.26. The number of para-hydroxylation sites is 1. The van der Waals surface area contributed by atoms with Crippen LogP contribution in [0.4, 0.5) is 0 Å². The molecule has 1 atom stereocenters. The molecular weight excluding hydrogens is 294 g/mol. The molecule has 5 heteroatoms. The number of rotatable bonds is 4. The van der Waals surface area contributed by atoms with Gasteiger partial charge in [0.15, 0.2) is 5.96 Å². The maximum absolute atomic E-state index is 5.71. The van der Waals surface area contributed by atoms with Crippen LogP contribution in [0.25, 0.3) is 0 Å². The number of nitrogens with zero attached hydrogens (tertiary/aromatic N) is 1. The third kappa shape index (κ3) is 3.60. The van der Waals surface area contributed by atoms with Gasteiger partial charge in [0, 0.05) is 24.4 Å². The first-order valence-electron chi connectivity index (χ1n) is 7.55. The van der Waals surface area contributed by atoms with Crippen molar-refractivity contribution < 1.29 is 4.74 Å². The quantitative estimate of drug-likeness (QED) is 0.673. The van der Waals surface area contributed by atoms with Gasteiger partial charge in [-0.25, -0.2) is 0 Å². The summed E-state index contributed by atoms with van der Waals surface area (Å²) in [4.78, 5) is 5.60. The molecule has 2 aromatic rings. The van der Waals surface area contributed by atoms with Gasteiger partial charge in [-0.05, 0) is 29.5 Å². The molecule has 1 aliphatic heterocycles. The van der Waals surface area contributed by atoms with Crippen LogP contribution >= 0.6 is 11.3 Å². The average molecular weight is 315 g/mol. The molecule has 1 aromatic carbocycles. The van der Waals surface area contributed by atoms with Crippen LogP contribution in [0.15, 0.2) is 46.8 Å². The third-order valence-electron chi connectivity index (χ3n) is 3.83. The summed E-state index contributed by atoms with van der Waals surface area (Å²) in [6, 6.07) is 12.5. The van der Waals surface area contributed by atoms with Crippen LogP contribution in [0.1, 0.15) is 22.8 Å². The van der Waals surface area contributed by atoms with E-state index in [0.29, 0.717) is 5.92 Å². The van der Waals surface area contributed by atoms with Crippen LogP contribution in [-0.4, -0.2) is 26.2 Å². The predicted octanol–water partition coefficient (Wildman–Crippen LogP) is 2.98. The second-order valence-corrected chi connectivity index (χ2v) is 6.29. The van der Waals surface area contributed by atoms with Crippen LogP contribution in [0.3, 0.4) is 0 Å². The maximum atomic E-state index is 5.71. The molecule has 1 unspecified atom stereocenters. The fourth-order valence-electron chi connectivity index (χ4n) is 2.65. The predicted molar refractivity (Wildman–Crippen MR) is 91.8 cm³/mol. The van der Waals surface area contributed by atoms with Crippen LogP contribution in [0, 0.1) is 0 Å². The highest BCUT2D eigenvalue weighted by Gasteiger charge is 2.20. The van der Waals surface area contributed by atoms with Gasteiger partial charge >= 0.3 is 0 Å². The summed E-state index contributed by atoms with van der Waals surface area (Å²) in [5.41, 5.74) is 1.29. The fraction of sp³-hybridized carbons (Fsp3) is 0.353. The first kappa shape index (κ1) is 14.9. The fourth-order valence-corrected chi connectivity index (χ4v) is 3.30. The zero-order chi connectivity index (χ0) is 15.2. The van der Waals surface area contributed by atoms with Crippen LogP contribution < -0.4 is 15.4 Å². The Bertz CT molecular complexity index is 625. The number of hydrogen-bond donors (Lipinski definition) is 2. The normalized spacial score (nSPS) is 17.5. The molecule has 0 saturated heterocycles. The molecule has 4 nitrogen and oxygen atoms in total. The molecule has 0 fully saturated rings. The van der Waals surface area contributed by atoms with E-state index >= 15 is 0 Å². The lowest BCUT2D eigenvalue weighted by atomic mass is 9.93. The third-order valence-corrected chi connectivity index (χ3v) is 4.71. The van der Waals surface area contributed by atoms with E-state index in [0.717, 1.165) is 37.8 Å². The number of benzene rings is 1. The minimum absolute atomic E-state index is 0.463. The lowest BCUT2D eigenvalue weighted by molar-refractivity contribution is 0.267. The first-order valence-corrected chi connectivity index (χ1v) is 8.43. The minimum Gasteiger partial charge on any atom is -0.493 e. The Kier molecular flexibility index (Phi) is 4.96. The van der Waals surface area contributed by atoms with Crippen molar-refractivity contribution in [2.45, 2.75) is 18.9 Å². The van der Waals surface area contributed by atoms with E-state index < -0.39 is 0 Å². The SMILES string of the molecule is CN=C(NCc1cccs1)NCC1CCOc2ccccc21. The van der Waals surface area contributed by atoms with Gasteiger partial charge in [-0.3, -0.25) is 4.99 Å². The molecule has 2 N–H and O–H groups in total. The van der Waals surface area contributed by atoms with Crippen molar-refractivity contribution in [1.29, 1.82) is 0 Å². The number of fused-ring (bicyclic) bond motifs is 1. The van der Waals surface area contributed by atoms with Gasteiger partial charge in [-0.2, -0.15) is 0 Å². The van der Waals surface area contributed by atoms with Gasteiger partial charge in [0.05, 0.1) is 13.2 Å². The Labute approximate surface area is 135 Å². The number of ether oxygens (including phenoxy) is 1. The number of nitrogens with one attached hydrogen (secondary N) is 2. The molecular formula is C17H21N3OS. The lowest BCUT2D eigenvalue weighted by Crippen LogP contribution is -2.39. The highest BCUT2D eigenvalue weighted by molar-refractivity contribution is 7.09. The number of hydrogen-bond acceptors (Lipinski definition) is 3. The van der Waals surface area contributed by atoms with E-state index in [1.54, 1.807) is 11.3 Å². The number of guanidine groups is 1. The van der Waals surface area contributed by atoms with Gasteiger partial charge in [-0.1, -0.05) is 24.3 Å². The standard InChI is InChI=1S/C17H21N3OS/c1-18-17(20-12-14-5-4-10-22-14)19-11-13-8-9-21-16-7-3-2-6-15(13)16/h2-7,10,13H,8-9,11-12H2,1H3,(H2,18,19,20). The van der Waals surface area contributed by atoms with Gasteiger partial charge in [0.25, 0.3) is 0 Å². The summed E-state index contributed by atoms with van der Waals surface area (Å²) in [5.74, 6) is 2.32. The van der Waals surface area contributed by atoms with Crippen LogP contribution in [0.2, 0.25) is 0 Å². The second-order valence-electron chi connectivity index (χ2n) is 5.26. The molecule has 1 aromatic heterocycles. The molecule has 0 aliphatic carbocycles. The van der Waals surface area contributed by atoms with Crippen LogP contribution in [-0.2, 0) is 6.54 Å². The van der Waals surface area contributed by atoms with E-state index in [9.17, 15) is 0 Å². The Balaban J connectivity index is 1.55. The van der Waals surface area contributed by atoms with Gasteiger partial charge in [0.2, 0.25) is 0 Å². The summed E-state index contributed by atoms with van der Waals surface area (Å²) >= 11 is 1.75. The molecule has 0 spiro atoms. The smallest absolute Gasteiger partial charge is 0.191 e. The Morgan fingerprint density at radius 1 is 1.27 bits per heavy atom. The highest BCUT2D eigenvalue weighted by atomic mass is 32.1. The minimum atomic E-state index is 0.463. The maximum Gasteiger partial charge on any atom is 0.191 e. The number of aliphatic imine (C=N–C) groups is 1. The summed E-state index contributed by atoms with van der Waals surface area (Å²) in [6.45, 7) is 2.46. The average Bonchev–Trinajstić information content (AvgIpc) is 3.08. The van der Waals surface area contributed by atoms with Crippen molar-refractivity contribution in [3.05, 3.63) is 52.2 Å². The van der Waals surface area contributed by atoms with Crippen molar-refractivity contribution in [2.24, 2.45) is 4.99 Å². The Hall–Kier alpha value is -2.01. The number of thiophene rings is 1. The molecule has 0 radical (unpaired) electrons. The zero-order valence-corrected chi connectivity index (χ0v) is 13.5. The molecule has 3 rings (SSSR count). The van der Waals surface area contributed by atoms with E-state index in [-0.39, 0.29) is 0 Å². The van der Waals surface area contributed by atoms with Crippen LogP contribution in [0.5, 0.6) is 5.75 Å². The van der Waals surface area contributed by atoms with Crippen molar-refractivity contribution in [2.75, 3.05) is 20.2 Å². The topological polar surface area (TPSA) is 45.7 Å². The van der Waals surface area contributed by atoms with Crippen molar-refractivity contribution in [1.82, 2.24) is 10.6 Å². The molecule has 0 saturated carbocycles. The van der Waals surface area contributed by atoms with E-state index in [2.05, 4.69) is 45.3 Å². The van der Waals surface area contributed by atoms with Crippen molar-refractivity contribution in [3.63, 3.8) is 0 Å². The van der Waals surface area contributed by atoms with Gasteiger partial charge in [0.1, 0.15) is 5.75 Å². The molecule has 1 aliphatic rings. The summed E-state index contributed by atoms with van der Waals surface area (Å²) in [5, 5.41) is 8.87. The second kappa shape index (κ2) is 7.31. The molecule has 116 valence electrons. The molecule has 0 bridgehead atoms. The highest BCUT2D eigenvalue weighted by Crippen LogP contribution is 2.32. The summed E-state index contributed by atoms with van der Waals surface area (Å²) in [7, 11) is 1.81. The van der Waals surface area contributed by atoms with E-state index in [1.165, 1.54) is 10.4 Å². The van der Waals surface area contributed by atoms with Crippen molar-refractivity contribution >= 4 is 17.3 Å². The molecule has 0 amide bonds. The summed E-state index contributed by atoms with van der Waals surface area (Å²) in [6.07, 6.45) is 1.03. The largest absolute Gasteiger partial charge is 0.493 e. The molecule has 2 heterocycles.